The Kier molecular flexibility index (Phi) is 5.60. The summed E-state index contributed by atoms with van der Waals surface area (Å²) in [4.78, 5) is 18.6. The number of rotatable bonds is 8. The molecule has 6 heteroatoms. The van der Waals surface area contributed by atoms with Crippen molar-refractivity contribution in [1.29, 1.82) is 0 Å². The van der Waals surface area contributed by atoms with E-state index in [2.05, 4.69) is 22.4 Å². The van der Waals surface area contributed by atoms with E-state index in [1.165, 1.54) is 4.88 Å². The maximum atomic E-state index is 10.9. The number of aliphatic carboxylic acids is 1. The lowest BCUT2D eigenvalue weighted by Gasteiger charge is -2.42. The molecular weight excluding hydrogens is 322 g/mol. The van der Waals surface area contributed by atoms with Gasteiger partial charge in [0.2, 0.25) is 0 Å². The van der Waals surface area contributed by atoms with E-state index in [0.29, 0.717) is 12.1 Å². The van der Waals surface area contributed by atoms with Crippen molar-refractivity contribution in [3.63, 3.8) is 0 Å². The Morgan fingerprint density at radius 1 is 1.38 bits per heavy atom. The second-order valence-corrected chi connectivity index (χ2v) is 7.27. The normalized spacial score (nSPS) is 20.1. The van der Waals surface area contributed by atoms with Crippen molar-refractivity contribution in [2.75, 3.05) is 13.1 Å². The molecule has 0 atom stereocenters. The number of carboxylic acids is 1. The van der Waals surface area contributed by atoms with Crippen molar-refractivity contribution in [3.05, 3.63) is 41.4 Å². The molecule has 0 unspecified atom stereocenters. The average molecular weight is 345 g/mol. The standard InChI is InChI=1S/C18H23N3O2S/c1-2-21(12-17(22)23)15-8-14(9-15)19-10-16-11-20-18(24-16)13-6-4-3-5-7-13/h3-7,11,14-15,19H,2,8-10,12H2,1H3,(H,22,23). The van der Waals surface area contributed by atoms with Crippen LogP contribution in [-0.2, 0) is 11.3 Å². The molecule has 1 aliphatic carbocycles. The van der Waals surface area contributed by atoms with Crippen molar-refractivity contribution in [1.82, 2.24) is 15.2 Å². The Morgan fingerprint density at radius 2 is 2.12 bits per heavy atom. The monoisotopic (exact) mass is 345 g/mol. The zero-order valence-corrected chi connectivity index (χ0v) is 14.6. The number of aromatic nitrogens is 1. The maximum Gasteiger partial charge on any atom is 0.317 e. The maximum absolute atomic E-state index is 10.9. The second-order valence-electron chi connectivity index (χ2n) is 6.16. The summed E-state index contributed by atoms with van der Waals surface area (Å²) in [5.41, 5.74) is 1.16. The van der Waals surface area contributed by atoms with E-state index in [1.54, 1.807) is 11.3 Å². The quantitative estimate of drug-likeness (QED) is 0.770. The highest BCUT2D eigenvalue weighted by molar-refractivity contribution is 7.15. The fourth-order valence-corrected chi connectivity index (χ4v) is 3.94. The molecule has 2 N–H and O–H groups in total. The highest BCUT2D eigenvalue weighted by Gasteiger charge is 2.33. The van der Waals surface area contributed by atoms with Gasteiger partial charge in [0, 0.05) is 35.3 Å². The van der Waals surface area contributed by atoms with Gasteiger partial charge < -0.3 is 10.4 Å². The van der Waals surface area contributed by atoms with Crippen LogP contribution in [0.5, 0.6) is 0 Å². The molecule has 1 fully saturated rings. The third-order valence-electron chi connectivity index (χ3n) is 4.51. The number of benzene rings is 1. The lowest BCUT2D eigenvalue weighted by molar-refractivity contribution is -0.139. The predicted octanol–water partition coefficient (Wildman–Crippen LogP) is 2.84. The third-order valence-corrected chi connectivity index (χ3v) is 5.56. The van der Waals surface area contributed by atoms with Crippen molar-refractivity contribution in [3.8, 4) is 10.6 Å². The summed E-state index contributed by atoms with van der Waals surface area (Å²) in [6.07, 6.45) is 3.98. The van der Waals surface area contributed by atoms with Crippen molar-refractivity contribution < 1.29 is 9.90 Å². The summed E-state index contributed by atoms with van der Waals surface area (Å²) in [6.45, 7) is 3.78. The minimum Gasteiger partial charge on any atom is -0.480 e. The molecule has 0 spiro atoms. The topological polar surface area (TPSA) is 65.5 Å². The third kappa shape index (κ3) is 4.20. The van der Waals surface area contributed by atoms with E-state index in [4.69, 9.17) is 5.11 Å². The molecule has 1 aromatic heterocycles. The lowest BCUT2D eigenvalue weighted by atomic mass is 9.85. The van der Waals surface area contributed by atoms with Crippen molar-refractivity contribution in [2.24, 2.45) is 0 Å². The van der Waals surface area contributed by atoms with Crippen molar-refractivity contribution >= 4 is 17.3 Å². The molecule has 1 saturated carbocycles. The van der Waals surface area contributed by atoms with Crippen LogP contribution in [0.4, 0.5) is 0 Å². The van der Waals surface area contributed by atoms with Gasteiger partial charge in [-0.1, -0.05) is 37.3 Å². The molecular formula is C18H23N3O2S. The van der Waals surface area contributed by atoms with Crippen LogP contribution < -0.4 is 5.32 Å². The van der Waals surface area contributed by atoms with Gasteiger partial charge in [-0.15, -0.1) is 11.3 Å². The van der Waals surface area contributed by atoms with E-state index in [-0.39, 0.29) is 6.54 Å². The van der Waals surface area contributed by atoms with Crippen LogP contribution >= 0.6 is 11.3 Å². The molecule has 0 bridgehead atoms. The first kappa shape index (κ1) is 17.1. The number of nitrogens with zero attached hydrogens (tertiary/aromatic N) is 2. The Bertz CT molecular complexity index is 668. The van der Waals surface area contributed by atoms with Gasteiger partial charge >= 0.3 is 5.97 Å². The van der Waals surface area contributed by atoms with Gasteiger partial charge in [0.1, 0.15) is 5.01 Å². The van der Waals surface area contributed by atoms with Crippen molar-refractivity contribution in [2.45, 2.75) is 38.4 Å². The van der Waals surface area contributed by atoms with Crippen LogP contribution in [0.15, 0.2) is 36.5 Å². The lowest BCUT2D eigenvalue weighted by Crippen LogP contribution is -2.53. The van der Waals surface area contributed by atoms with Gasteiger partial charge in [-0.3, -0.25) is 9.69 Å². The first-order chi connectivity index (χ1) is 11.7. The number of hydrogen-bond acceptors (Lipinski definition) is 5. The Morgan fingerprint density at radius 3 is 2.79 bits per heavy atom. The summed E-state index contributed by atoms with van der Waals surface area (Å²) in [5.74, 6) is -0.744. The Balaban J connectivity index is 1.45. The number of carboxylic acid groups (broad SMARTS) is 1. The molecule has 1 aromatic carbocycles. The predicted molar refractivity (Wildman–Crippen MR) is 96.1 cm³/mol. The molecule has 5 nitrogen and oxygen atoms in total. The largest absolute Gasteiger partial charge is 0.480 e. The van der Waals surface area contributed by atoms with Crippen LogP contribution in [0.1, 0.15) is 24.6 Å². The van der Waals surface area contributed by atoms with Gasteiger partial charge in [-0.05, 0) is 19.4 Å². The van der Waals surface area contributed by atoms with E-state index in [1.807, 2.05) is 36.2 Å². The van der Waals surface area contributed by atoms with Crippen LogP contribution in [-0.4, -0.2) is 46.1 Å². The first-order valence-corrected chi connectivity index (χ1v) is 9.16. The second kappa shape index (κ2) is 7.88. The molecule has 0 saturated heterocycles. The summed E-state index contributed by atoms with van der Waals surface area (Å²) >= 11 is 1.72. The summed E-state index contributed by atoms with van der Waals surface area (Å²) in [5, 5.41) is 13.5. The fraction of sp³-hybridized carbons (Fsp3) is 0.444. The van der Waals surface area contributed by atoms with E-state index >= 15 is 0 Å². The fourth-order valence-electron chi connectivity index (χ4n) is 3.07. The molecule has 128 valence electrons. The minimum atomic E-state index is -0.744. The van der Waals surface area contributed by atoms with Crippen LogP contribution in [0.25, 0.3) is 10.6 Å². The molecule has 1 aliphatic rings. The minimum absolute atomic E-state index is 0.142. The highest BCUT2D eigenvalue weighted by Crippen LogP contribution is 2.28. The van der Waals surface area contributed by atoms with Crippen LogP contribution in [0.2, 0.25) is 0 Å². The number of hydrogen-bond donors (Lipinski definition) is 2. The van der Waals surface area contributed by atoms with E-state index < -0.39 is 5.97 Å². The summed E-state index contributed by atoms with van der Waals surface area (Å²) < 4.78 is 0. The molecule has 0 aliphatic heterocycles. The van der Waals surface area contributed by atoms with Gasteiger partial charge in [0.25, 0.3) is 0 Å². The smallest absolute Gasteiger partial charge is 0.317 e. The molecule has 2 aromatic rings. The number of thiazole rings is 1. The average Bonchev–Trinajstić information content (AvgIpc) is 3.01. The zero-order chi connectivity index (χ0) is 16.9. The van der Waals surface area contributed by atoms with Gasteiger partial charge in [-0.25, -0.2) is 4.98 Å². The number of nitrogens with one attached hydrogen (secondary N) is 1. The molecule has 24 heavy (non-hydrogen) atoms. The molecule has 0 amide bonds. The zero-order valence-electron chi connectivity index (χ0n) is 13.8. The Labute approximate surface area is 146 Å². The van der Waals surface area contributed by atoms with Gasteiger partial charge in [0.15, 0.2) is 0 Å². The molecule has 3 rings (SSSR count). The van der Waals surface area contributed by atoms with Gasteiger partial charge in [-0.2, -0.15) is 0 Å². The SMILES string of the molecule is CCN(CC(=O)O)C1CC(NCc2cnc(-c3ccccc3)s2)C1. The molecule has 0 radical (unpaired) electrons. The Hall–Kier alpha value is -1.76. The van der Waals surface area contributed by atoms with E-state index in [9.17, 15) is 4.79 Å². The first-order valence-electron chi connectivity index (χ1n) is 8.35. The van der Waals surface area contributed by atoms with Gasteiger partial charge in [0.05, 0.1) is 6.54 Å². The van der Waals surface area contributed by atoms with E-state index in [0.717, 1.165) is 36.5 Å². The number of likely N-dealkylation sites (N-methyl/N-ethyl adjacent to an activating group) is 1. The molecule has 1 heterocycles. The number of carbonyl (C=O) groups is 1. The highest BCUT2D eigenvalue weighted by atomic mass is 32.1. The summed E-state index contributed by atoms with van der Waals surface area (Å²) in [7, 11) is 0. The van der Waals surface area contributed by atoms with Crippen LogP contribution in [0.3, 0.4) is 0 Å². The summed E-state index contributed by atoms with van der Waals surface area (Å²) in [6, 6.07) is 11.1. The van der Waals surface area contributed by atoms with Crippen LogP contribution in [0, 0.1) is 0 Å².